The van der Waals surface area contributed by atoms with Gasteiger partial charge in [-0.2, -0.15) is 0 Å². The number of allylic oxidation sites excluding steroid dienone is 2. The van der Waals surface area contributed by atoms with Gasteiger partial charge in [0, 0.05) is 11.1 Å². The van der Waals surface area contributed by atoms with E-state index in [1.165, 1.54) is 7.11 Å². The van der Waals surface area contributed by atoms with Crippen molar-refractivity contribution in [2.24, 2.45) is 0 Å². The lowest BCUT2D eigenvalue weighted by atomic mass is 9.89. The van der Waals surface area contributed by atoms with E-state index in [-0.39, 0.29) is 23.1 Å². The topological polar surface area (TPSA) is 52.6 Å². The molecule has 0 heterocycles. The summed E-state index contributed by atoms with van der Waals surface area (Å²) in [5, 5.41) is 0. The second-order valence-electron chi connectivity index (χ2n) is 4.87. The van der Waals surface area contributed by atoms with Crippen LogP contribution >= 0.6 is 0 Å². The predicted molar refractivity (Wildman–Crippen MR) is 77.1 cm³/mol. The smallest absolute Gasteiger partial charge is 0.228 e. The molecule has 0 unspecified atom stereocenters. The monoisotopic (exact) mass is 280 g/mol. The summed E-state index contributed by atoms with van der Waals surface area (Å²) in [6.07, 6.45) is 4.90. The molecule has 4 nitrogen and oxygen atoms in total. The zero-order chi connectivity index (χ0) is 15.1. The minimum absolute atomic E-state index is 0.0490. The lowest BCUT2D eigenvalue weighted by Crippen LogP contribution is -2.25. The van der Waals surface area contributed by atoms with Gasteiger partial charge in [0.1, 0.15) is 0 Å². The molecule has 1 rings (SSSR count). The Labute approximate surface area is 120 Å². The van der Waals surface area contributed by atoms with Crippen molar-refractivity contribution in [2.75, 3.05) is 13.7 Å². The highest BCUT2D eigenvalue weighted by molar-refractivity contribution is 6.23. The molecule has 0 amide bonds. The van der Waals surface area contributed by atoms with E-state index in [4.69, 9.17) is 9.47 Å². The zero-order valence-corrected chi connectivity index (χ0v) is 12.9. The van der Waals surface area contributed by atoms with Gasteiger partial charge in [-0.15, -0.1) is 0 Å². The van der Waals surface area contributed by atoms with Crippen LogP contribution in [0, 0.1) is 0 Å². The number of carbonyl (C=O) groups is 2. The van der Waals surface area contributed by atoms with Crippen molar-refractivity contribution >= 4 is 11.6 Å². The van der Waals surface area contributed by atoms with Crippen molar-refractivity contribution in [1.29, 1.82) is 0 Å². The second kappa shape index (κ2) is 7.88. The largest absolute Gasteiger partial charge is 0.489 e. The third kappa shape index (κ3) is 3.50. The highest BCUT2D eigenvalue weighted by atomic mass is 16.5. The van der Waals surface area contributed by atoms with Gasteiger partial charge in [0.2, 0.25) is 23.1 Å². The van der Waals surface area contributed by atoms with Crippen LogP contribution in [-0.2, 0) is 19.1 Å². The van der Waals surface area contributed by atoms with Crippen molar-refractivity contribution in [3.63, 3.8) is 0 Å². The molecule has 0 bridgehead atoms. The van der Waals surface area contributed by atoms with E-state index in [1.807, 2.05) is 0 Å². The van der Waals surface area contributed by atoms with E-state index in [1.54, 1.807) is 13.8 Å². The Balaban J connectivity index is 2.92. The molecule has 0 saturated carbocycles. The third-order valence-electron chi connectivity index (χ3n) is 3.46. The normalized spacial score (nSPS) is 16.0. The highest BCUT2D eigenvalue weighted by Gasteiger charge is 2.34. The molecule has 1 aliphatic rings. The van der Waals surface area contributed by atoms with Crippen LogP contribution in [0.25, 0.3) is 0 Å². The maximum atomic E-state index is 12.4. The molecule has 0 N–H and O–H groups in total. The van der Waals surface area contributed by atoms with Crippen LogP contribution in [0.5, 0.6) is 0 Å². The van der Waals surface area contributed by atoms with Gasteiger partial charge in [0.25, 0.3) is 0 Å². The lowest BCUT2D eigenvalue weighted by Gasteiger charge is -2.21. The number of rotatable bonds is 8. The van der Waals surface area contributed by atoms with Gasteiger partial charge in [0.15, 0.2) is 0 Å². The summed E-state index contributed by atoms with van der Waals surface area (Å²) in [5.41, 5.74) is 1.07. The molecular weight excluding hydrogens is 256 g/mol. The summed E-state index contributed by atoms with van der Waals surface area (Å²) in [4.78, 5) is 24.6. The maximum Gasteiger partial charge on any atom is 0.228 e. The Morgan fingerprint density at radius 2 is 1.65 bits per heavy atom. The Hall–Kier alpha value is -1.58. The molecule has 0 aromatic heterocycles. The number of ketones is 2. The van der Waals surface area contributed by atoms with Crippen LogP contribution in [0.3, 0.4) is 0 Å². The fourth-order valence-electron chi connectivity index (χ4n) is 2.31. The number of hydrogen-bond donors (Lipinski definition) is 0. The number of unbranched alkanes of at least 4 members (excludes halogenated alkanes) is 3. The molecular formula is C16H24O4. The van der Waals surface area contributed by atoms with Gasteiger partial charge in [-0.25, -0.2) is 0 Å². The summed E-state index contributed by atoms with van der Waals surface area (Å²) in [6, 6.07) is 0. The molecule has 0 aromatic carbocycles. The summed E-state index contributed by atoms with van der Waals surface area (Å²) in [7, 11) is 1.40. The standard InChI is InChI=1S/C16H24O4/c1-5-7-8-9-10-12-11(3)13(17)16(20-6-2)15(19-4)14(12)18/h5-10H2,1-4H3. The van der Waals surface area contributed by atoms with Crippen molar-refractivity contribution in [2.45, 2.75) is 52.9 Å². The molecule has 1 aliphatic carbocycles. The number of Topliss-reactive ketones (excluding diaryl/α,β-unsaturated/α-hetero) is 2. The Bertz CT molecular complexity index is 443. The minimum atomic E-state index is -0.228. The molecule has 0 aliphatic heterocycles. The summed E-state index contributed by atoms with van der Waals surface area (Å²) < 4.78 is 10.4. The molecule has 0 spiro atoms. The molecule has 0 radical (unpaired) electrons. The Morgan fingerprint density at radius 1 is 0.950 bits per heavy atom. The molecule has 20 heavy (non-hydrogen) atoms. The van der Waals surface area contributed by atoms with Crippen LogP contribution in [0.15, 0.2) is 22.7 Å². The van der Waals surface area contributed by atoms with Gasteiger partial charge < -0.3 is 9.47 Å². The van der Waals surface area contributed by atoms with Gasteiger partial charge in [-0.3, -0.25) is 9.59 Å². The zero-order valence-electron chi connectivity index (χ0n) is 12.9. The number of ether oxygens (including phenoxy) is 2. The average molecular weight is 280 g/mol. The second-order valence-corrected chi connectivity index (χ2v) is 4.87. The van der Waals surface area contributed by atoms with Crippen LogP contribution in [0.1, 0.15) is 52.9 Å². The first-order valence-electron chi connectivity index (χ1n) is 7.28. The van der Waals surface area contributed by atoms with Gasteiger partial charge in [-0.05, 0) is 26.7 Å². The van der Waals surface area contributed by atoms with Gasteiger partial charge in [0.05, 0.1) is 13.7 Å². The summed E-state index contributed by atoms with van der Waals surface area (Å²) >= 11 is 0. The SMILES string of the molecule is CCCCCCC1=C(C)C(=O)C(OCC)=C(OC)C1=O. The predicted octanol–water partition coefficient (Wildman–Crippen LogP) is 3.32. The van der Waals surface area contributed by atoms with Crippen LogP contribution in [0.4, 0.5) is 0 Å². The number of hydrogen-bond acceptors (Lipinski definition) is 4. The van der Waals surface area contributed by atoms with E-state index in [9.17, 15) is 9.59 Å². The van der Waals surface area contributed by atoms with E-state index in [0.29, 0.717) is 24.2 Å². The van der Waals surface area contributed by atoms with Crippen molar-refractivity contribution in [3.05, 3.63) is 22.7 Å². The Kier molecular flexibility index (Phi) is 6.49. The van der Waals surface area contributed by atoms with Gasteiger partial charge >= 0.3 is 0 Å². The first kappa shape index (κ1) is 16.5. The van der Waals surface area contributed by atoms with Gasteiger partial charge in [-0.1, -0.05) is 26.2 Å². The van der Waals surface area contributed by atoms with Crippen molar-refractivity contribution in [3.8, 4) is 0 Å². The Morgan fingerprint density at radius 3 is 2.20 bits per heavy atom. The molecule has 112 valence electrons. The highest BCUT2D eigenvalue weighted by Crippen LogP contribution is 2.29. The van der Waals surface area contributed by atoms with E-state index < -0.39 is 0 Å². The third-order valence-corrected chi connectivity index (χ3v) is 3.46. The number of methoxy groups -OCH3 is 1. The summed E-state index contributed by atoms with van der Waals surface area (Å²) in [5.74, 6) is -0.332. The van der Waals surface area contributed by atoms with Crippen LogP contribution in [-0.4, -0.2) is 25.3 Å². The molecule has 0 atom stereocenters. The average Bonchev–Trinajstić information content (AvgIpc) is 2.44. The molecule has 0 aromatic rings. The first-order chi connectivity index (χ1) is 9.58. The van der Waals surface area contributed by atoms with E-state index in [2.05, 4.69) is 6.92 Å². The van der Waals surface area contributed by atoms with Crippen LogP contribution < -0.4 is 0 Å². The van der Waals surface area contributed by atoms with Crippen molar-refractivity contribution < 1.29 is 19.1 Å². The molecule has 0 fully saturated rings. The lowest BCUT2D eigenvalue weighted by molar-refractivity contribution is -0.121. The van der Waals surface area contributed by atoms with Crippen molar-refractivity contribution in [1.82, 2.24) is 0 Å². The molecule has 0 saturated heterocycles. The quantitative estimate of drug-likeness (QED) is 0.505. The fourth-order valence-corrected chi connectivity index (χ4v) is 2.31. The van der Waals surface area contributed by atoms with Crippen LogP contribution in [0.2, 0.25) is 0 Å². The fraction of sp³-hybridized carbons (Fsp3) is 0.625. The summed E-state index contributed by atoms with van der Waals surface area (Å²) in [6.45, 7) is 5.94. The minimum Gasteiger partial charge on any atom is -0.489 e. The first-order valence-corrected chi connectivity index (χ1v) is 7.28. The molecule has 4 heteroatoms. The van der Waals surface area contributed by atoms with E-state index >= 15 is 0 Å². The maximum absolute atomic E-state index is 12.4. The number of carbonyl (C=O) groups excluding carboxylic acids is 2. The van der Waals surface area contributed by atoms with E-state index in [0.717, 1.165) is 25.7 Å².